The summed E-state index contributed by atoms with van der Waals surface area (Å²) in [5.74, 6) is 1.32. The van der Waals surface area contributed by atoms with Crippen LogP contribution < -0.4 is 4.74 Å². The molecular weight excluding hydrogens is 282 g/mol. The van der Waals surface area contributed by atoms with Crippen LogP contribution in [0.15, 0.2) is 24.3 Å². The van der Waals surface area contributed by atoms with Crippen LogP contribution in [-0.4, -0.2) is 38.0 Å². The molecule has 0 amide bonds. The first-order chi connectivity index (χ1) is 10.4. The number of aliphatic hydroxyl groups is 1. The molecule has 2 aromatic rings. The van der Waals surface area contributed by atoms with Crippen molar-refractivity contribution in [3.63, 3.8) is 0 Å². The van der Waals surface area contributed by atoms with E-state index in [0.29, 0.717) is 17.1 Å². The van der Waals surface area contributed by atoms with Crippen molar-refractivity contribution in [3.8, 4) is 11.8 Å². The number of benzene rings is 1. The minimum Gasteiger partial charge on any atom is -0.491 e. The van der Waals surface area contributed by atoms with E-state index < -0.39 is 6.10 Å². The highest BCUT2D eigenvalue weighted by Crippen LogP contribution is 2.19. The molecule has 0 bridgehead atoms. The quantitative estimate of drug-likeness (QED) is 0.893. The normalized spacial score (nSPS) is 12.7. The first-order valence-corrected chi connectivity index (χ1v) is 6.98. The highest BCUT2D eigenvalue weighted by atomic mass is 16.5. The van der Waals surface area contributed by atoms with Crippen LogP contribution in [0.4, 0.5) is 0 Å². The van der Waals surface area contributed by atoms with Crippen LogP contribution in [0.5, 0.6) is 5.75 Å². The van der Waals surface area contributed by atoms with E-state index in [4.69, 9.17) is 10.00 Å². The van der Waals surface area contributed by atoms with Gasteiger partial charge in [0.15, 0.2) is 5.82 Å². The number of nitriles is 1. The molecule has 0 fully saturated rings. The van der Waals surface area contributed by atoms with Crippen LogP contribution in [0.1, 0.15) is 32.2 Å². The molecule has 0 spiro atoms. The minimum absolute atomic E-state index is 0.120. The van der Waals surface area contributed by atoms with Gasteiger partial charge in [0.25, 0.3) is 0 Å². The summed E-state index contributed by atoms with van der Waals surface area (Å²) in [4.78, 5) is 0. The van der Waals surface area contributed by atoms with Gasteiger partial charge >= 0.3 is 0 Å². The smallest absolute Gasteiger partial charge is 0.156 e. The monoisotopic (exact) mass is 301 g/mol. The van der Waals surface area contributed by atoms with Gasteiger partial charge in [-0.3, -0.25) is 0 Å². The Kier molecular flexibility index (Phi) is 4.73. The number of hydrogen-bond donors (Lipinski definition) is 1. The first-order valence-electron chi connectivity index (χ1n) is 6.98. The van der Waals surface area contributed by atoms with Crippen molar-refractivity contribution in [1.82, 2.24) is 20.2 Å². The predicted molar refractivity (Wildman–Crippen MR) is 79.2 cm³/mol. The molecule has 1 aromatic carbocycles. The van der Waals surface area contributed by atoms with Gasteiger partial charge in [0.2, 0.25) is 0 Å². The van der Waals surface area contributed by atoms with E-state index in [0.717, 1.165) is 0 Å². The first kappa shape index (κ1) is 15.9. The summed E-state index contributed by atoms with van der Waals surface area (Å²) < 4.78 is 7.09. The van der Waals surface area contributed by atoms with Gasteiger partial charge in [0.05, 0.1) is 18.2 Å². The average Bonchev–Trinajstić information content (AvgIpc) is 2.94. The van der Waals surface area contributed by atoms with Crippen LogP contribution in [0.3, 0.4) is 0 Å². The van der Waals surface area contributed by atoms with E-state index in [1.54, 1.807) is 28.9 Å². The van der Waals surface area contributed by atoms with Gasteiger partial charge in [-0.2, -0.15) is 5.26 Å². The largest absolute Gasteiger partial charge is 0.491 e. The maximum Gasteiger partial charge on any atom is 0.156 e. The summed E-state index contributed by atoms with van der Waals surface area (Å²) in [6.45, 7) is 6.41. The van der Waals surface area contributed by atoms with Crippen LogP contribution in [0.25, 0.3) is 0 Å². The van der Waals surface area contributed by atoms with Gasteiger partial charge in [-0.05, 0) is 34.7 Å². The molecule has 22 heavy (non-hydrogen) atoms. The zero-order valence-corrected chi connectivity index (χ0v) is 12.9. The summed E-state index contributed by atoms with van der Waals surface area (Å²) in [6, 6.07) is 8.77. The Bertz CT molecular complexity index is 652. The van der Waals surface area contributed by atoms with Crippen molar-refractivity contribution in [2.24, 2.45) is 0 Å². The SMILES string of the molecule is CC(C)(C)c1nnnn1CC(O)COc1ccc(C#N)cc1. The van der Waals surface area contributed by atoms with Crippen molar-refractivity contribution in [2.75, 3.05) is 6.61 Å². The second-order valence-corrected chi connectivity index (χ2v) is 6.04. The van der Waals surface area contributed by atoms with Gasteiger partial charge in [-0.15, -0.1) is 5.10 Å². The van der Waals surface area contributed by atoms with Crippen LogP contribution in [0.2, 0.25) is 0 Å². The molecule has 0 aliphatic carbocycles. The third-order valence-electron chi connectivity index (χ3n) is 3.01. The topological polar surface area (TPSA) is 96.8 Å². The fraction of sp³-hybridized carbons (Fsp3) is 0.467. The van der Waals surface area contributed by atoms with Crippen LogP contribution >= 0.6 is 0 Å². The van der Waals surface area contributed by atoms with Gasteiger partial charge in [-0.25, -0.2) is 4.68 Å². The molecule has 0 saturated heterocycles. The number of aromatic nitrogens is 4. The van der Waals surface area contributed by atoms with E-state index in [-0.39, 0.29) is 18.6 Å². The Balaban J connectivity index is 1.92. The molecule has 2 rings (SSSR count). The lowest BCUT2D eigenvalue weighted by molar-refractivity contribution is 0.0871. The highest BCUT2D eigenvalue weighted by Gasteiger charge is 2.23. The average molecular weight is 301 g/mol. The molecule has 1 N–H and O–H groups in total. The van der Waals surface area contributed by atoms with E-state index in [1.807, 2.05) is 26.8 Å². The number of rotatable bonds is 5. The van der Waals surface area contributed by atoms with E-state index in [2.05, 4.69) is 15.5 Å². The molecule has 7 heteroatoms. The Morgan fingerprint density at radius 1 is 1.32 bits per heavy atom. The molecule has 1 aromatic heterocycles. The Labute approximate surface area is 129 Å². The zero-order chi connectivity index (χ0) is 16.2. The molecule has 0 radical (unpaired) electrons. The van der Waals surface area contributed by atoms with E-state index in [1.165, 1.54) is 0 Å². The molecule has 1 atom stereocenters. The van der Waals surface area contributed by atoms with Crippen LogP contribution in [0, 0.1) is 11.3 Å². The summed E-state index contributed by atoms with van der Waals surface area (Å²) in [5.41, 5.74) is 0.369. The molecule has 0 saturated carbocycles. The Hall–Kier alpha value is -2.46. The van der Waals surface area contributed by atoms with Crippen molar-refractivity contribution in [1.29, 1.82) is 5.26 Å². The third kappa shape index (κ3) is 4.02. The van der Waals surface area contributed by atoms with Gasteiger partial charge in [0, 0.05) is 5.41 Å². The number of tetrazole rings is 1. The van der Waals surface area contributed by atoms with Crippen molar-refractivity contribution < 1.29 is 9.84 Å². The van der Waals surface area contributed by atoms with Gasteiger partial charge in [0.1, 0.15) is 18.5 Å². The number of ether oxygens (including phenoxy) is 1. The molecule has 7 nitrogen and oxygen atoms in total. The van der Waals surface area contributed by atoms with E-state index in [9.17, 15) is 5.11 Å². The van der Waals surface area contributed by atoms with Crippen LogP contribution in [-0.2, 0) is 12.0 Å². The maximum atomic E-state index is 10.1. The second kappa shape index (κ2) is 6.54. The molecule has 1 heterocycles. The Morgan fingerprint density at radius 2 is 2.00 bits per heavy atom. The third-order valence-corrected chi connectivity index (χ3v) is 3.01. The van der Waals surface area contributed by atoms with Gasteiger partial charge < -0.3 is 9.84 Å². The maximum absolute atomic E-state index is 10.1. The lowest BCUT2D eigenvalue weighted by atomic mass is 9.96. The van der Waals surface area contributed by atoms with Crippen molar-refractivity contribution >= 4 is 0 Å². The molecule has 1 unspecified atom stereocenters. The predicted octanol–water partition coefficient (Wildman–Crippen LogP) is 1.28. The van der Waals surface area contributed by atoms with Crippen molar-refractivity contribution in [2.45, 2.75) is 38.8 Å². The second-order valence-electron chi connectivity index (χ2n) is 6.04. The summed E-state index contributed by atoms with van der Waals surface area (Å²) >= 11 is 0. The lowest BCUT2D eigenvalue weighted by Crippen LogP contribution is -2.28. The number of aliphatic hydroxyl groups excluding tert-OH is 1. The number of hydrogen-bond acceptors (Lipinski definition) is 6. The molecule has 116 valence electrons. The minimum atomic E-state index is -0.736. The highest BCUT2D eigenvalue weighted by molar-refractivity contribution is 5.34. The zero-order valence-electron chi connectivity index (χ0n) is 12.9. The lowest BCUT2D eigenvalue weighted by Gasteiger charge is -2.19. The van der Waals surface area contributed by atoms with Gasteiger partial charge in [-0.1, -0.05) is 20.8 Å². The summed E-state index contributed by atoms with van der Waals surface area (Å²) in [5, 5.41) is 30.4. The Morgan fingerprint density at radius 3 is 2.59 bits per heavy atom. The van der Waals surface area contributed by atoms with Crippen molar-refractivity contribution in [3.05, 3.63) is 35.7 Å². The van der Waals surface area contributed by atoms with E-state index >= 15 is 0 Å². The standard InChI is InChI=1S/C15H19N5O2/c1-15(2,3)14-17-18-19-20(14)9-12(21)10-22-13-6-4-11(8-16)5-7-13/h4-7,12,21H,9-10H2,1-3H3. The summed E-state index contributed by atoms with van der Waals surface area (Å²) in [7, 11) is 0. The molecule has 0 aliphatic heterocycles. The molecular formula is C15H19N5O2. The summed E-state index contributed by atoms with van der Waals surface area (Å²) in [6.07, 6.45) is -0.736. The fourth-order valence-corrected chi connectivity index (χ4v) is 1.94. The number of nitrogens with zero attached hydrogens (tertiary/aromatic N) is 5. The fourth-order valence-electron chi connectivity index (χ4n) is 1.94. The molecule has 0 aliphatic rings.